The minimum atomic E-state index is -5.00. The van der Waals surface area contributed by atoms with Gasteiger partial charge in [-0.05, 0) is 118 Å². The van der Waals surface area contributed by atoms with Gasteiger partial charge in [-0.3, -0.25) is 0 Å². The van der Waals surface area contributed by atoms with Gasteiger partial charge in [-0.1, -0.05) is 87.3 Å². The fraction of sp³-hybridized carbons (Fsp3) is 0.364. The van der Waals surface area contributed by atoms with Crippen molar-refractivity contribution in [3.8, 4) is 22.3 Å². The van der Waals surface area contributed by atoms with E-state index in [2.05, 4.69) is 0 Å². The van der Waals surface area contributed by atoms with Crippen LogP contribution in [0.15, 0.2) is 71.8 Å². The molecular formula is C44H40F12Si. The van der Waals surface area contributed by atoms with E-state index in [9.17, 15) is 52.7 Å². The standard InChI is InChI=1S/C44H40F12Si/c1-21(2)33-17-35-31(9-7-23(5)39(35)25-11-27(41(45,46)47)15-28(12-25)42(48,49)50)37(33)19-57-20-38-32-10-8-24(6)40(36(32)18-34(38)22(3)4)26-13-29(43(51,52)53)16-30(14-26)44(54,55)56/h7-18,21-22,37-38H,19-20,57H2,1-6H3. The topological polar surface area (TPSA) is 0 Å². The molecule has 0 amide bonds. The van der Waals surface area contributed by atoms with Crippen molar-refractivity contribution in [3.05, 3.63) is 127 Å². The lowest BCUT2D eigenvalue weighted by Gasteiger charge is -2.24. The van der Waals surface area contributed by atoms with Crippen LogP contribution in [0.25, 0.3) is 34.4 Å². The molecule has 4 aromatic rings. The largest absolute Gasteiger partial charge is 0.416 e. The molecule has 57 heavy (non-hydrogen) atoms. The zero-order valence-corrected chi connectivity index (χ0v) is 33.3. The van der Waals surface area contributed by atoms with Crippen molar-refractivity contribution >= 4 is 21.7 Å². The highest BCUT2D eigenvalue weighted by Crippen LogP contribution is 2.51. The van der Waals surface area contributed by atoms with Crippen LogP contribution in [-0.2, 0) is 24.7 Å². The molecule has 0 saturated heterocycles. The maximum atomic E-state index is 13.9. The van der Waals surface area contributed by atoms with Crippen molar-refractivity contribution in [3.63, 3.8) is 0 Å². The molecule has 0 saturated carbocycles. The van der Waals surface area contributed by atoms with Crippen molar-refractivity contribution < 1.29 is 52.7 Å². The van der Waals surface area contributed by atoms with Crippen LogP contribution in [0, 0.1) is 25.7 Å². The molecule has 0 aliphatic heterocycles. The predicted octanol–water partition coefficient (Wildman–Crippen LogP) is 14.7. The van der Waals surface area contributed by atoms with E-state index in [1.165, 1.54) is 0 Å². The number of rotatable bonds is 8. The Labute approximate surface area is 325 Å². The van der Waals surface area contributed by atoms with Gasteiger partial charge in [0.15, 0.2) is 0 Å². The zero-order chi connectivity index (χ0) is 42.2. The van der Waals surface area contributed by atoms with Crippen LogP contribution in [0.5, 0.6) is 0 Å². The first-order valence-corrected chi connectivity index (χ1v) is 20.6. The Kier molecular flexibility index (Phi) is 11.0. The molecule has 0 aromatic heterocycles. The number of allylic oxidation sites excluding steroid dienone is 2. The van der Waals surface area contributed by atoms with Gasteiger partial charge >= 0.3 is 24.7 Å². The maximum absolute atomic E-state index is 13.9. The van der Waals surface area contributed by atoms with E-state index in [1.807, 2.05) is 52.0 Å². The van der Waals surface area contributed by atoms with Crippen LogP contribution in [0.3, 0.4) is 0 Å². The Balaban J connectivity index is 1.37. The van der Waals surface area contributed by atoms with E-state index in [1.54, 1.807) is 26.0 Å². The van der Waals surface area contributed by atoms with Crippen molar-refractivity contribution in [2.75, 3.05) is 0 Å². The molecule has 0 heterocycles. The molecule has 2 unspecified atom stereocenters. The monoisotopic (exact) mass is 824 g/mol. The molecule has 2 atom stereocenters. The van der Waals surface area contributed by atoms with Crippen LogP contribution >= 0.6 is 0 Å². The van der Waals surface area contributed by atoms with Gasteiger partial charge in [-0.25, -0.2) is 0 Å². The summed E-state index contributed by atoms with van der Waals surface area (Å²) < 4.78 is 167. The summed E-state index contributed by atoms with van der Waals surface area (Å²) in [6.07, 6.45) is -16.2. The normalized spacial score (nSPS) is 17.5. The SMILES string of the molecule is Cc1ccc2c(c1-c1cc(C(F)(F)F)cc(C(F)(F)F)c1)C=C(C(C)C)C2C[SiH2]CC1C(C(C)C)=Cc2c1ccc(C)c2-c1cc(C(F)(F)F)cc(C(F)(F)F)c1. The van der Waals surface area contributed by atoms with E-state index in [-0.39, 0.29) is 46.9 Å². The Bertz CT molecular complexity index is 2040. The van der Waals surface area contributed by atoms with Gasteiger partial charge in [0.25, 0.3) is 0 Å². The van der Waals surface area contributed by atoms with Gasteiger partial charge in [-0.2, -0.15) is 52.7 Å². The highest BCUT2D eigenvalue weighted by Gasteiger charge is 2.40. The van der Waals surface area contributed by atoms with Crippen LogP contribution in [-0.4, -0.2) is 9.52 Å². The molecule has 4 aromatic carbocycles. The summed E-state index contributed by atoms with van der Waals surface area (Å²) in [6, 6.07) is 12.0. The lowest BCUT2D eigenvalue weighted by Crippen LogP contribution is -2.12. The molecule has 0 N–H and O–H groups in total. The molecule has 0 fully saturated rings. The van der Waals surface area contributed by atoms with Crippen molar-refractivity contribution in [2.24, 2.45) is 11.8 Å². The second-order valence-corrected chi connectivity index (χ2v) is 17.6. The van der Waals surface area contributed by atoms with Gasteiger partial charge in [0.2, 0.25) is 0 Å². The van der Waals surface area contributed by atoms with Gasteiger partial charge in [0.1, 0.15) is 0 Å². The Morgan fingerprint density at radius 1 is 0.474 bits per heavy atom. The molecular weight excluding hydrogens is 785 g/mol. The molecule has 0 bridgehead atoms. The number of aryl methyl sites for hydroxylation is 2. The fourth-order valence-electron chi connectivity index (χ4n) is 8.58. The van der Waals surface area contributed by atoms with Crippen LogP contribution in [0.1, 0.15) is 95.2 Å². The van der Waals surface area contributed by atoms with Crippen molar-refractivity contribution in [2.45, 2.75) is 90.2 Å². The predicted molar refractivity (Wildman–Crippen MR) is 203 cm³/mol. The summed E-state index contributed by atoms with van der Waals surface area (Å²) in [4.78, 5) is 0. The van der Waals surface area contributed by atoms with E-state index >= 15 is 0 Å². The molecule has 13 heteroatoms. The number of fused-ring (bicyclic) bond motifs is 2. The molecule has 6 rings (SSSR count). The number of benzene rings is 4. The Morgan fingerprint density at radius 2 is 0.772 bits per heavy atom. The lowest BCUT2D eigenvalue weighted by molar-refractivity contribution is -0.144. The third kappa shape index (κ3) is 8.36. The summed E-state index contributed by atoms with van der Waals surface area (Å²) in [5.41, 5.74) is 0.646. The fourth-order valence-corrected chi connectivity index (χ4v) is 10.9. The molecule has 0 spiro atoms. The first-order chi connectivity index (χ1) is 26.3. The Morgan fingerprint density at radius 3 is 1.04 bits per heavy atom. The molecule has 304 valence electrons. The first-order valence-electron chi connectivity index (χ1n) is 18.6. The highest BCUT2D eigenvalue weighted by molar-refractivity contribution is 6.36. The average molecular weight is 825 g/mol. The smallest absolute Gasteiger partial charge is 0.166 e. The van der Waals surface area contributed by atoms with Crippen LogP contribution in [0.4, 0.5) is 52.7 Å². The molecule has 2 aliphatic rings. The van der Waals surface area contributed by atoms with Crippen LogP contribution < -0.4 is 0 Å². The number of hydrogen-bond donors (Lipinski definition) is 0. The highest BCUT2D eigenvalue weighted by atomic mass is 28.2. The quantitative estimate of drug-likeness (QED) is 0.123. The summed E-state index contributed by atoms with van der Waals surface area (Å²) >= 11 is 0. The maximum Gasteiger partial charge on any atom is 0.416 e. The lowest BCUT2D eigenvalue weighted by atomic mass is 9.87. The third-order valence-corrected chi connectivity index (χ3v) is 13.2. The van der Waals surface area contributed by atoms with Gasteiger partial charge < -0.3 is 0 Å². The third-order valence-electron chi connectivity index (χ3n) is 11.2. The van der Waals surface area contributed by atoms with E-state index in [4.69, 9.17) is 0 Å². The minimum Gasteiger partial charge on any atom is -0.166 e. The summed E-state index contributed by atoms with van der Waals surface area (Å²) in [6.45, 7) is 11.3. The van der Waals surface area contributed by atoms with E-state index < -0.39 is 56.5 Å². The first kappa shape index (κ1) is 42.3. The number of alkyl halides is 12. The average Bonchev–Trinajstić information content (AvgIpc) is 3.65. The Hall–Kier alpha value is -4.26. The van der Waals surface area contributed by atoms with E-state index in [0.29, 0.717) is 45.5 Å². The van der Waals surface area contributed by atoms with Crippen molar-refractivity contribution in [1.29, 1.82) is 0 Å². The van der Waals surface area contributed by atoms with Gasteiger partial charge in [-0.15, -0.1) is 0 Å². The number of halogens is 12. The second kappa shape index (κ2) is 14.8. The zero-order valence-electron chi connectivity index (χ0n) is 31.9. The van der Waals surface area contributed by atoms with Gasteiger partial charge in [0, 0.05) is 21.4 Å². The van der Waals surface area contributed by atoms with Gasteiger partial charge in [0.05, 0.1) is 22.3 Å². The molecule has 0 nitrogen and oxygen atoms in total. The number of hydrogen-bond acceptors (Lipinski definition) is 0. The molecule has 0 radical (unpaired) electrons. The van der Waals surface area contributed by atoms with Crippen molar-refractivity contribution in [1.82, 2.24) is 0 Å². The molecule has 2 aliphatic carbocycles. The van der Waals surface area contributed by atoms with E-state index in [0.717, 1.165) is 46.5 Å². The summed E-state index contributed by atoms with van der Waals surface area (Å²) in [5, 5.41) is 0. The summed E-state index contributed by atoms with van der Waals surface area (Å²) in [7, 11) is -1.00. The summed E-state index contributed by atoms with van der Waals surface area (Å²) in [5.74, 6) is -0.249. The van der Waals surface area contributed by atoms with Crippen LogP contribution in [0.2, 0.25) is 12.1 Å². The minimum absolute atomic E-state index is 0.00899. The second-order valence-electron chi connectivity index (χ2n) is 15.7.